The Bertz CT molecular complexity index is 1080. The Morgan fingerprint density at radius 3 is 2.55 bits per heavy atom. The van der Waals surface area contributed by atoms with Crippen molar-refractivity contribution < 1.29 is 23.0 Å². The van der Waals surface area contributed by atoms with Crippen LogP contribution < -0.4 is 10.5 Å². The number of hydrogen-bond donors (Lipinski definition) is 2. The molecule has 3 aromatic rings. The largest absolute Gasteiger partial charge is 0.497 e. The lowest BCUT2D eigenvalue weighted by atomic mass is 9.98. The standard InChI is InChI=1S/C22H18F2N2O3/c1-28-16-7-2-4-13(10-16)12-29-22(27)17-8-9-18(25)19(20(17)24)21(26)14-5-3-6-15(23)11-14/h2-11,26H,12,25H2,1H3. The van der Waals surface area contributed by atoms with Gasteiger partial charge in [-0.25, -0.2) is 13.6 Å². The molecule has 0 aliphatic heterocycles. The van der Waals surface area contributed by atoms with Gasteiger partial charge in [0, 0.05) is 11.3 Å². The van der Waals surface area contributed by atoms with Crippen LogP contribution in [0, 0.1) is 17.0 Å². The molecule has 3 rings (SSSR count). The molecule has 29 heavy (non-hydrogen) atoms. The third-order valence-electron chi connectivity index (χ3n) is 4.26. The molecule has 5 nitrogen and oxygen atoms in total. The van der Waals surface area contributed by atoms with E-state index in [1.54, 1.807) is 24.3 Å². The molecule has 0 aliphatic rings. The Morgan fingerprint density at radius 2 is 1.83 bits per heavy atom. The van der Waals surface area contributed by atoms with Crippen LogP contribution in [-0.2, 0) is 11.3 Å². The second-order valence-corrected chi connectivity index (χ2v) is 6.20. The number of ether oxygens (including phenoxy) is 2. The van der Waals surface area contributed by atoms with E-state index < -0.39 is 17.6 Å². The minimum Gasteiger partial charge on any atom is -0.497 e. The van der Waals surface area contributed by atoms with Gasteiger partial charge in [-0.15, -0.1) is 0 Å². The number of carbonyl (C=O) groups excluding carboxylic acids is 1. The maximum Gasteiger partial charge on any atom is 0.341 e. The van der Waals surface area contributed by atoms with Gasteiger partial charge in [0.25, 0.3) is 0 Å². The van der Waals surface area contributed by atoms with Gasteiger partial charge in [-0.2, -0.15) is 0 Å². The normalized spacial score (nSPS) is 10.4. The Morgan fingerprint density at radius 1 is 1.07 bits per heavy atom. The lowest BCUT2D eigenvalue weighted by Gasteiger charge is -2.13. The molecule has 0 radical (unpaired) electrons. The number of halogens is 2. The molecule has 0 atom stereocenters. The van der Waals surface area contributed by atoms with Crippen LogP contribution in [0.15, 0.2) is 60.7 Å². The van der Waals surface area contributed by atoms with Crippen LogP contribution >= 0.6 is 0 Å². The Balaban J connectivity index is 1.85. The lowest BCUT2D eigenvalue weighted by molar-refractivity contribution is 0.0467. The van der Waals surface area contributed by atoms with Crippen molar-refractivity contribution in [2.75, 3.05) is 12.8 Å². The van der Waals surface area contributed by atoms with Crippen LogP contribution in [0.4, 0.5) is 14.5 Å². The van der Waals surface area contributed by atoms with Crippen LogP contribution in [0.25, 0.3) is 0 Å². The number of esters is 1. The summed E-state index contributed by atoms with van der Waals surface area (Å²) in [5.41, 5.74) is 5.61. The molecule has 0 spiro atoms. The van der Waals surface area contributed by atoms with Crippen molar-refractivity contribution >= 4 is 17.4 Å². The summed E-state index contributed by atoms with van der Waals surface area (Å²) in [6.45, 7) is -0.0868. The predicted octanol–water partition coefficient (Wildman–Crippen LogP) is 4.33. The lowest BCUT2D eigenvalue weighted by Crippen LogP contribution is -2.14. The molecule has 0 bridgehead atoms. The maximum atomic E-state index is 15.0. The number of nitrogen functional groups attached to an aromatic ring is 1. The van der Waals surface area contributed by atoms with E-state index in [0.29, 0.717) is 11.3 Å². The molecule has 0 aliphatic carbocycles. The Hall–Kier alpha value is -3.74. The number of nitrogens with two attached hydrogens (primary N) is 1. The number of nitrogens with one attached hydrogen (secondary N) is 1. The second kappa shape index (κ2) is 8.52. The summed E-state index contributed by atoms with van der Waals surface area (Å²) in [5.74, 6) is -1.86. The van der Waals surface area contributed by atoms with E-state index in [4.69, 9.17) is 20.6 Å². The highest BCUT2D eigenvalue weighted by Crippen LogP contribution is 2.24. The summed E-state index contributed by atoms with van der Waals surface area (Å²) in [6, 6.07) is 14.6. The maximum absolute atomic E-state index is 15.0. The number of anilines is 1. The Kier molecular flexibility index (Phi) is 5.87. The molecule has 0 saturated heterocycles. The van der Waals surface area contributed by atoms with Crippen LogP contribution in [0.2, 0.25) is 0 Å². The first-order chi connectivity index (χ1) is 13.9. The third kappa shape index (κ3) is 4.40. The topological polar surface area (TPSA) is 85.4 Å². The quantitative estimate of drug-likeness (QED) is 0.369. The summed E-state index contributed by atoms with van der Waals surface area (Å²) >= 11 is 0. The zero-order chi connectivity index (χ0) is 21.0. The fraction of sp³-hybridized carbons (Fsp3) is 0.0909. The highest BCUT2D eigenvalue weighted by Gasteiger charge is 2.22. The van der Waals surface area contributed by atoms with Crippen molar-refractivity contribution in [2.24, 2.45) is 0 Å². The predicted molar refractivity (Wildman–Crippen MR) is 105 cm³/mol. The van der Waals surface area contributed by atoms with Gasteiger partial charge in [0.2, 0.25) is 0 Å². The van der Waals surface area contributed by atoms with E-state index in [1.165, 1.54) is 37.4 Å². The molecule has 3 N–H and O–H groups in total. The van der Waals surface area contributed by atoms with Crippen LogP contribution in [-0.4, -0.2) is 18.8 Å². The van der Waals surface area contributed by atoms with Gasteiger partial charge in [-0.3, -0.25) is 5.41 Å². The zero-order valence-electron chi connectivity index (χ0n) is 15.5. The van der Waals surface area contributed by atoms with Crippen molar-refractivity contribution in [1.82, 2.24) is 0 Å². The van der Waals surface area contributed by atoms with Crippen molar-refractivity contribution in [1.29, 1.82) is 5.41 Å². The summed E-state index contributed by atoms with van der Waals surface area (Å²) < 4.78 is 38.8. The average Bonchev–Trinajstić information content (AvgIpc) is 2.72. The molecular formula is C22H18F2N2O3. The van der Waals surface area contributed by atoms with Gasteiger partial charge in [-0.05, 0) is 42.0 Å². The average molecular weight is 396 g/mol. The van der Waals surface area contributed by atoms with E-state index in [2.05, 4.69) is 0 Å². The van der Waals surface area contributed by atoms with Gasteiger partial charge in [0.1, 0.15) is 24.0 Å². The molecular weight excluding hydrogens is 378 g/mol. The summed E-state index contributed by atoms with van der Waals surface area (Å²) in [4.78, 5) is 12.4. The van der Waals surface area contributed by atoms with Crippen molar-refractivity contribution in [3.63, 3.8) is 0 Å². The summed E-state index contributed by atoms with van der Waals surface area (Å²) in [7, 11) is 1.52. The molecule has 0 amide bonds. The smallest absolute Gasteiger partial charge is 0.341 e. The number of carbonyl (C=O) groups is 1. The van der Waals surface area contributed by atoms with E-state index in [1.807, 2.05) is 0 Å². The van der Waals surface area contributed by atoms with Gasteiger partial charge < -0.3 is 15.2 Å². The fourth-order valence-corrected chi connectivity index (χ4v) is 2.78. The minimum absolute atomic E-state index is 0.0406. The van der Waals surface area contributed by atoms with E-state index in [-0.39, 0.29) is 34.7 Å². The first-order valence-electron chi connectivity index (χ1n) is 8.63. The number of rotatable bonds is 6. The molecule has 0 unspecified atom stereocenters. The fourth-order valence-electron chi connectivity index (χ4n) is 2.78. The summed E-state index contributed by atoms with van der Waals surface area (Å²) in [6.07, 6.45) is 0. The highest BCUT2D eigenvalue weighted by molar-refractivity contribution is 6.14. The molecule has 0 heterocycles. The third-order valence-corrected chi connectivity index (χ3v) is 4.26. The van der Waals surface area contributed by atoms with Gasteiger partial charge in [0.05, 0.1) is 23.9 Å². The second-order valence-electron chi connectivity index (χ2n) is 6.20. The first-order valence-corrected chi connectivity index (χ1v) is 8.63. The first kappa shape index (κ1) is 20.0. The van der Waals surface area contributed by atoms with Crippen molar-refractivity contribution in [2.45, 2.75) is 6.61 Å². The number of benzene rings is 3. The van der Waals surface area contributed by atoms with Crippen LogP contribution in [0.1, 0.15) is 27.0 Å². The Labute approximate surface area is 166 Å². The van der Waals surface area contributed by atoms with Crippen molar-refractivity contribution in [3.05, 3.63) is 94.6 Å². The van der Waals surface area contributed by atoms with Gasteiger partial charge in [-0.1, -0.05) is 24.3 Å². The van der Waals surface area contributed by atoms with Crippen LogP contribution in [0.5, 0.6) is 5.75 Å². The number of hydrogen-bond acceptors (Lipinski definition) is 5. The molecule has 148 valence electrons. The molecule has 7 heteroatoms. The SMILES string of the molecule is COc1cccc(COC(=O)c2ccc(N)c(C(=N)c3cccc(F)c3)c2F)c1. The molecule has 0 saturated carbocycles. The van der Waals surface area contributed by atoms with E-state index in [9.17, 15) is 9.18 Å². The minimum atomic E-state index is -0.991. The molecule has 0 fully saturated rings. The van der Waals surface area contributed by atoms with Crippen LogP contribution in [0.3, 0.4) is 0 Å². The monoisotopic (exact) mass is 396 g/mol. The van der Waals surface area contributed by atoms with E-state index in [0.717, 1.165) is 6.07 Å². The van der Waals surface area contributed by atoms with E-state index >= 15 is 4.39 Å². The molecule has 0 aromatic heterocycles. The zero-order valence-corrected chi connectivity index (χ0v) is 15.5. The van der Waals surface area contributed by atoms with Gasteiger partial charge >= 0.3 is 5.97 Å². The van der Waals surface area contributed by atoms with Gasteiger partial charge in [0.15, 0.2) is 0 Å². The highest BCUT2D eigenvalue weighted by atomic mass is 19.1. The summed E-state index contributed by atoms with van der Waals surface area (Å²) in [5, 5.41) is 8.22. The molecule has 3 aromatic carbocycles. The van der Waals surface area contributed by atoms with Crippen molar-refractivity contribution in [3.8, 4) is 5.75 Å². The number of methoxy groups -OCH3 is 1.